The monoisotopic (exact) mass is 254 g/mol. The van der Waals surface area contributed by atoms with Gasteiger partial charge in [-0.05, 0) is 44.0 Å². The Hall–Kier alpha value is -1.26. The molecule has 0 aliphatic heterocycles. The maximum absolute atomic E-state index is 9.19. The molecule has 4 nitrogen and oxygen atoms in total. The van der Waals surface area contributed by atoms with Gasteiger partial charge in [-0.2, -0.15) is 0 Å². The predicted molar refractivity (Wildman–Crippen MR) is 70.1 cm³/mol. The van der Waals surface area contributed by atoms with Crippen molar-refractivity contribution in [3.05, 3.63) is 23.8 Å². The molecule has 1 aromatic rings. The van der Waals surface area contributed by atoms with Gasteiger partial charge in [0.05, 0.1) is 12.7 Å². The molecule has 2 atom stereocenters. The Labute approximate surface area is 108 Å². The topological polar surface area (TPSA) is 58.9 Å². The molecule has 0 saturated carbocycles. The molecule has 0 aliphatic rings. The highest BCUT2D eigenvalue weighted by atomic mass is 16.5. The van der Waals surface area contributed by atoms with Gasteiger partial charge in [0.15, 0.2) is 0 Å². The second-order valence-corrected chi connectivity index (χ2v) is 4.41. The van der Waals surface area contributed by atoms with Crippen LogP contribution in [0.2, 0.25) is 0 Å². The summed E-state index contributed by atoms with van der Waals surface area (Å²) in [6, 6.07) is 5.53. The fraction of sp³-hybridized carbons (Fsp3) is 0.571. The van der Waals surface area contributed by atoms with Gasteiger partial charge in [-0.25, -0.2) is 0 Å². The predicted octanol–water partition coefficient (Wildman–Crippen LogP) is 1.90. The Kier molecular flexibility index (Phi) is 5.95. The van der Waals surface area contributed by atoms with E-state index in [1.807, 2.05) is 26.0 Å². The van der Waals surface area contributed by atoms with Gasteiger partial charge in [0.25, 0.3) is 0 Å². The number of hydrogen-bond acceptors (Lipinski definition) is 4. The fourth-order valence-electron chi connectivity index (χ4n) is 1.39. The van der Waals surface area contributed by atoms with Crippen LogP contribution in [0.5, 0.6) is 11.5 Å². The summed E-state index contributed by atoms with van der Waals surface area (Å²) in [4.78, 5) is 0. The van der Waals surface area contributed by atoms with E-state index >= 15 is 0 Å². The van der Waals surface area contributed by atoms with Gasteiger partial charge in [0.1, 0.15) is 24.2 Å². The van der Waals surface area contributed by atoms with Crippen LogP contribution in [0, 0.1) is 6.92 Å². The summed E-state index contributed by atoms with van der Waals surface area (Å²) in [6.07, 6.45) is 0.299. The summed E-state index contributed by atoms with van der Waals surface area (Å²) in [5.41, 5.74) is 0.992. The number of aliphatic hydroxyl groups is 2. The minimum atomic E-state index is -0.846. The molecule has 18 heavy (non-hydrogen) atoms. The van der Waals surface area contributed by atoms with E-state index in [0.717, 1.165) is 17.7 Å². The Morgan fingerprint density at radius 3 is 2.61 bits per heavy atom. The molecule has 0 saturated heterocycles. The van der Waals surface area contributed by atoms with Crippen LogP contribution in [0.25, 0.3) is 0 Å². The van der Waals surface area contributed by atoms with E-state index in [0.29, 0.717) is 5.75 Å². The lowest BCUT2D eigenvalue weighted by atomic mass is 10.2. The number of aryl methyl sites for hydroxylation is 1. The zero-order chi connectivity index (χ0) is 13.5. The molecule has 0 amide bonds. The van der Waals surface area contributed by atoms with E-state index < -0.39 is 6.10 Å². The molecule has 1 aromatic carbocycles. The van der Waals surface area contributed by atoms with Crippen molar-refractivity contribution in [1.82, 2.24) is 0 Å². The molecule has 2 unspecified atom stereocenters. The zero-order valence-electron chi connectivity index (χ0n) is 11.2. The second-order valence-electron chi connectivity index (χ2n) is 4.41. The highest BCUT2D eigenvalue weighted by Gasteiger charge is 2.07. The third kappa shape index (κ3) is 4.55. The molecule has 102 valence electrons. The average molecular weight is 254 g/mol. The van der Waals surface area contributed by atoms with E-state index in [1.54, 1.807) is 6.07 Å². The van der Waals surface area contributed by atoms with Gasteiger partial charge < -0.3 is 19.7 Å². The number of rotatable bonds is 7. The molecular formula is C14H22O4. The molecule has 0 aliphatic carbocycles. The van der Waals surface area contributed by atoms with Crippen molar-refractivity contribution in [2.24, 2.45) is 0 Å². The first-order chi connectivity index (χ1) is 8.56. The van der Waals surface area contributed by atoms with Crippen LogP contribution in [0.1, 0.15) is 25.8 Å². The van der Waals surface area contributed by atoms with Gasteiger partial charge in [-0.15, -0.1) is 0 Å². The minimum Gasteiger partial charge on any atom is -0.491 e. The van der Waals surface area contributed by atoms with Gasteiger partial charge in [-0.3, -0.25) is 0 Å². The first kappa shape index (κ1) is 14.8. The van der Waals surface area contributed by atoms with Crippen LogP contribution in [0.3, 0.4) is 0 Å². The van der Waals surface area contributed by atoms with Gasteiger partial charge in [0, 0.05) is 0 Å². The first-order valence-corrected chi connectivity index (χ1v) is 6.25. The smallest absolute Gasteiger partial charge is 0.122 e. The van der Waals surface area contributed by atoms with E-state index in [2.05, 4.69) is 6.92 Å². The minimum absolute atomic E-state index is 0.0848. The summed E-state index contributed by atoms with van der Waals surface area (Å²) < 4.78 is 11.1. The molecule has 1 rings (SSSR count). The van der Waals surface area contributed by atoms with Crippen molar-refractivity contribution in [2.45, 2.75) is 39.4 Å². The van der Waals surface area contributed by atoms with Crippen LogP contribution in [0.4, 0.5) is 0 Å². The maximum Gasteiger partial charge on any atom is 0.122 e. The number of benzene rings is 1. The van der Waals surface area contributed by atoms with E-state index in [1.165, 1.54) is 0 Å². The lowest BCUT2D eigenvalue weighted by Crippen LogP contribution is -2.21. The molecule has 4 heteroatoms. The molecule has 2 N–H and O–H groups in total. The molecule has 0 radical (unpaired) electrons. The Morgan fingerprint density at radius 2 is 2.06 bits per heavy atom. The third-order valence-corrected chi connectivity index (χ3v) is 2.70. The van der Waals surface area contributed by atoms with Crippen LogP contribution in [-0.2, 0) is 0 Å². The van der Waals surface area contributed by atoms with Crippen molar-refractivity contribution in [2.75, 3.05) is 13.2 Å². The van der Waals surface area contributed by atoms with E-state index in [-0.39, 0.29) is 19.3 Å². The SMILES string of the molecule is CCC(C)Oc1ccc(OCC(O)CO)cc1C. The van der Waals surface area contributed by atoms with Gasteiger partial charge >= 0.3 is 0 Å². The van der Waals surface area contributed by atoms with Crippen LogP contribution < -0.4 is 9.47 Å². The van der Waals surface area contributed by atoms with Gasteiger partial charge in [-0.1, -0.05) is 6.92 Å². The number of hydrogen-bond donors (Lipinski definition) is 2. The molecule has 0 spiro atoms. The molecule has 0 aromatic heterocycles. The molecular weight excluding hydrogens is 232 g/mol. The van der Waals surface area contributed by atoms with Crippen molar-refractivity contribution >= 4 is 0 Å². The molecule has 0 bridgehead atoms. The highest BCUT2D eigenvalue weighted by Crippen LogP contribution is 2.24. The van der Waals surface area contributed by atoms with Crippen molar-refractivity contribution in [3.8, 4) is 11.5 Å². The van der Waals surface area contributed by atoms with Crippen molar-refractivity contribution in [1.29, 1.82) is 0 Å². The van der Waals surface area contributed by atoms with E-state index in [9.17, 15) is 5.11 Å². The van der Waals surface area contributed by atoms with Crippen LogP contribution in [0.15, 0.2) is 18.2 Å². The Morgan fingerprint density at radius 1 is 1.33 bits per heavy atom. The second kappa shape index (κ2) is 7.24. The Bertz CT molecular complexity index is 365. The normalized spacial score (nSPS) is 14.1. The lowest BCUT2D eigenvalue weighted by Gasteiger charge is -2.16. The summed E-state index contributed by atoms with van der Waals surface area (Å²) in [5.74, 6) is 1.51. The Balaban J connectivity index is 2.61. The van der Waals surface area contributed by atoms with Gasteiger partial charge in [0.2, 0.25) is 0 Å². The standard InChI is InChI=1S/C14H22O4/c1-4-11(3)18-14-6-5-13(7-10(14)2)17-9-12(16)8-15/h5-7,11-12,15-16H,4,8-9H2,1-3H3. The number of ether oxygens (including phenoxy) is 2. The van der Waals surface area contributed by atoms with E-state index in [4.69, 9.17) is 14.6 Å². The van der Waals surface area contributed by atoms with Crippen LogP contribution in [-0.4, -0.2) is 35.6 Å². The average Bonchev–Trinajstić information content (AvgIpc) is 2.38. The first-order valence-electron chi connectivity index (χ1n) is 6.25. The summed E-state index contributed by atoms with van der Waals surface area (Å²) in [5, 5.41) is 17.9. The van der Waals surface area contributed by atoms with Crippen molar-refractivity contribution in [3.63, 3.8) is 0 Å². The van der Waals surface area contributed by atoms with Crippen molar-refractivity contribution < 1.29 is 19.7 Å². The fourth-order valence-corrected chi connectivity index (χ4v) is 1.39. The van der Waals surface area contributed by atoms with Crippen LogP contribution >= 0.6 is 0 Å². The lowest BCUT2D eigenvalue weighted by molar-refractivity contribution is 0.0535. The highest BCUT2D eigenvalue weighted by molar-refractivity contribution is 5.39. The third-order valence-electron chi connectivity index (χ3n) is 2.70. The molecule has 0 heterocycles. The summed E-state index contributed by atoms with van der Waals surface area (Å²) in [6.45, 7) is 5.85. The zero-order valence-corrected chi connectivity index (χ0v) is 11.2. The quantitative estimate of drug-likeness (QED) is 0.780. The molecule has 0 fully saturated rings. The summed E-state index contributed by atoms with van der Waals surface area (Å²) in [7, 11) is 0. The maximum atomic E-state index is 9.19. The largest absolute Gasteiger partial charge is 0.491 e. The number of aliphatic hydroxyl groups excluding tert-OH is 2. The summed E-state index contributed by atoms with van der Waals surface area (Å²) >= 11 is 0.